The molecule has 2 atom stereocenters. The van der Waals surface area contributed by atoms with Crippen molar-refractivity contribution in [1.82, 2.24) is 20.1 Å². The van der Waals surface area contributed by atoms with Crippen LogP contribution in [0.5, 0.6) is 0 Å². The predicted molar refractivity (Wildman–Crippen MR) is 132 cm³/mol. The lowest BCUT2D eigenvalue weighted by Gasteiger charge is -2.43. The Bertz CT molecular complexity index is 1220. The fourth-order valence-corrected chi connectivity index (χ4v) is 4.91. The molecular formula is C27H29N5O2. The van der Waals surface area contributed by atoms with E-state index in [9.17, 15) is 9.59 Å². The van der Waals surface area contributed by atoms with Gasteiger partial charge in [-0.3, -0.25) is 9.59 Å². The summed E-state index contributed by atoms with van der Waals surface area (Å²) in [5.74, 6) is -0.253. The fraction of sp³-hybridized carbons (Fsp3) is 0.259. The summed E-state index contributed by atoms with van der Waals surface area (Å²) in [5.41, 5.74) is 4.95. The molecule has 0 spiro atoms. The average Bonchev–Trinajstić information content (AvgIpc) is 3.48. The number of hydrogen-bond donors (Lipinski definition) is 3. The number of hydrogen-bond acceptors (Lipinski definition) is 4. The SMILES string of the molecule is Cc1cccc(NC(=O)C2=C3CN(C(=O)c4ccc[nH]4)C[C@@H](C)N3C(Cc3ccccc3)N2)c1. The Morgan fingerprint density at radius 2 is 1.88 bits per heavy atom. The molecule has 1 aromatic heterocycles. The Hall–Kier alpha value is -4.00. The number of H-pyrrole nitrogens is 1. The molecule has 0 saturated carbocycles. The van der Waals surface area contributed by atoms with Crippen molar-refractivity contribution >= 4 is 17.5 Å². The zero-order valence-corrected chi connectivity index (χ0v) is 19.4. The molecule has 3 heterocycles. The Balaban J connectivity index is 1.45. The first kappa shape index (κ1) is 21.8. The van der Waals surface area contributed by atoms with E-state index in [1.54, 1.807) is 12.3 Å². The highest BCUT2D eigenvalue weighted by Gasteiger charge is 2.42. The summed E-state index contributed by atoms with van der Waals surface area (Å²) in [7, 11) is 0. The van der Waals surface area contributed by atoms with Crippen LogP contribution in [0.1, 0.15) is 28.5 Å². The van der Waals surface area contributed by atoms with Crippen molar-refractivity contribution < 1.29 is 9.59 Å². The number of benzene rings is 2. The number of anilines is 1. The van der Waals surface area contributed by atoms with Crippen molar-refractivity contribution in [2.45, 2.75) is 32.5 Å². The number of nitrogens with one attached hydrogen (secondary N) is 3. The third kappa shape index (κ3) is 4.29. The van der Waals surface area contributed by atoms with Gasteiger partial charge in [0.25, 0.3) is 11.8 Å². The van der Waals surface area contributed by atoms with Gasteiger partial charge in [0, 0.05) is 30.9 Å². The molecule has 2 aliphatic rings. The summed E-state index contributed by atoms with van der Waals surface area (Å²) in [6.07, 6.45) is 2.44. The van der Waals surface area contributed by atoms with Gasteiger partial charge in [-0.05, 0) is 49.2 Å². The van der Waals surface area contributed by atoms with E-state index in [0.717, 1.165) is 23.4 Å². The van der Waals surface area contributed by atoms with Gasteiger partial charge in [-0.1, -0.05) is 42.5 Å². The van der Waals surface area contributed by atoms with Crippen molar-refractivity contribution in [3.8, 4) is 0 Å². The Morgan fingerprint density at radius 1 is 1.06 bits per heavy atom. The van der Waals surface area contributed by atoms with Crippen LogP contribution in [0.4, 0.5) is 5.69 Å². The standard InChI is InChI=1S/C27H29N5O2/c1-18-8-6-11-21(14-18)29-26(33)25-23-17-31(27(34)22-12-7-13-28-22)16-19(2)32(23)24(30-25)15-20-9-4-3-5-10-20/h3-14,19,24,28,30H,15-17H2,1-2H3,(H,29,33)/t19-,24?/m1/s1. The van der Waals surface area contributed by atoms with E-state index in [0.29, 0.717) is 24.5 Å². The quantitative estimate of drug-likeness (QED) is 0.550. The largest absolute Gasteiger partial charge is 0.359 e. The van der Waals surface area contributed by atoms with Gasteiger partial charge in [-0.25, -0.2) is 0 Å². The highest BCUT2D eigenvalue weighted by atomic mass is 16.2. The summed E-state index contributed by atoms with van der Waals surface area (Å²) in [4.78, 5) is 33.6. The number of rotatable bonds is 5. The number of aromatic nitrogens is 1. The molecule has 3 N–H and O–H groups in total. The van der Waals surface area contributed by atoms with Crippen LogP contribution in [0.3, 0.4) is 0 Å². The van der Waals surface area contributed by atoms with Gasteiger partial charge in [-0.15, -0.1) is 0 Å². The Labute approximate surface area is 199 Å². The maximum atomic E-state index is 13.4. The van der Waals surface area contributed by atoms with Crippen LogP contribution < -0.4 is 10.6 Å². The van der Waals surface area contributed by atoms with Crippen molar-refractivity contribution in [2.75, 3.05) is 18.4 Å². The van der Waals surface area contributed by atoms with E-state index < -0.39 is 0 Å². The van der Waals surface area contributed by atoms with Crippen molar-refractivity contribution in [1.29, 1.82) is 0 Å². The molecule has 0 radical (unpaired) electrons. The van der Waals surface area contributed by atoms with E-state index in [1.165, 1.54) is 5.56 Å². The number of carbonyl (C=O) groups is 2. The highest BCUT2D eigenvalue weighted by molar-refractivity contribution is 6.04. The molecule has 2 amide bonds. The van der Waals surface area contributed by atoms with Crippen LogP contribution in [-0.4, -0.2) is 51.9 Å². The topological polar surface area (TPSA) is 80.5 Å². The smallest absolute Gasteiger partial charge is 0.273 e. The zero-order chi connectivity index (χ0) is 23.7. The first-order valence-electron chi connectivity index (χ1n) is 11.6. The lowest BCUT2D eigenvalue weighted by Crippen LogP contribution is -2.55. The second-order valence-electron chi connectivity index (χ2n) is 9.02. The molecule has 1 fully saturated rings. The fourth-order valence-electron chi connectivity index (χ4n) is 4.91. The minimum atomic E-state index is -0.192. The van der Waals surface area contributed by atoms with Crippen molar-refractivity contribution in [2.24, 2.45) is 0 Å². The summed E-state index contributed by atoms with van der Waals surface area (Å²) in [6, 6.07) is 21.7. The lowest BCUT2D eigenvalue weighted by molar-refractivity contribution is -0.113. The van der Waals surface area contributed by atoms with Crippen LogP contribution in [0.2, 0.25) is 0 Å². The van der Waals surface area contributed by atoms with Gasteiger partial charge in [0.1, 0.15) is 17.6 Å². The van der Waals surface area contributed by atoms with Gasteiger partial charge >= 0.3 is 0 Å². The van der Waals surface area contributed by atoms with Gasteiger partial charge in [0.2, 0.25) is 0 Å². The zero-order valence-electron chi connectivity index (χ0n) is 19.4. The monoisotopic (exact) mass is 455 g/mol. The Morgan fingerprint density at radius 3 is 2.62 bits per heavy atom. The number of piperazine rings is 1. The van der Waals surface area contributed by atoms with E-state index in [4.69, 9.17) is 0 Å². The van der Waals surface area contributed by atoms with E-state index in [1.807, 2.05) is 60.4 Å². The molecule has 1 unspecified atom stereocenters. The minimum Gasteiger partial charge on any atom is -0.359 e. The molecule has 1 saturated heterocycles. The molecule has 2 aromatic carbocycles. The number of aryl methyl sites for hydroxylation is 1. The molecule has 34 heavy (non-hydrogen) atoms. The van der Waals surface area contributed by atoms with Crippen LogP contribution in [0.25, 0.3) is 0 Å². The van der Waals surface area contributed by atoms with Gasteiger partial charge < -0.3 is 25.4 Å². The van der Waals surface area contributed by atoms with Crippen LogP contribution in [0, 0.1) is 6.92 Å². The molecule has 0 bridgehead atoms. The normalized spacial score (nSPS) is 19.6. The number of aromatic amines is 1. The number of nitrogens with zero attached hydrogens (tertiary/aromatic N) is 2. The number of fused-ring (bicyclic) bond motifs is 1. The second kappa shape index (κ2) is 9.09. The van der Waals surface area contributed by atoms with Gasteiger partial charge in [0.05, 0.1) is 12.2 Å². The van der Waals surface area contributed by atoms with Gasteiger partial charge in [0.15, 0.2) is 0 Å². The van der Waals surface area contributed by atoms with Crippen molar-refractivity contribution in [3.05, 3.63) is 101 Å². The highest BCUT2D eigenvalue weighted by Crippen LogP contribution is 2.31. The average molecular weight is 456 g/mol. The lowest BCUT2D eigenvalue weighted by atomic mass is 10.1. The summed E-state index contributed by atoms with van der Waals surface area (Å²) >= 11 is 0. The Kier molecular flexibility index (Phi) is 5.84. The molecule has 0 aliphatic carbocycles. The maximum Gasteiger partial charge on any atom is 0.273 e. The third-order valence-electron chi connectivity index (χ3n) is 6.44. The van der Waals surface area contributed by atoms with E-state index in [-0.39, 0.29) is 24.0 Å². The number of amides is 2. The minimum absolute atomic E-state index is 0.0492. The molecule has 174 valence electrons. The van der Waals surface area contributed by atoms with Crippen LogP contribution >= 0.6 is 0 Å². The summed E-state index contributed by atoms with van der Waals surface area (Å²) in [6.45, 7) is 5.06. The first-order chi connectivity index (χ1) is 16.5. The maximum absolute atomic E-state index is 13.4. The van der Waals surface area contributed by atoms with Crippen molar-refractivity contribution in [3.63, 3.8) is 0 Å². The molecule has 7 nitrogen and oxygen atoms in total. The second-order valence-corrected chi connectivity index (χ2v) is 9.02. The first-order valence-corrected chi connectivity index (χ1v) is 11.6. The van der Waals surface area contributed by atoms with E-state index >= 15 is 0 Å². The molecule has 5 rings (SSSR count). The third-order valence-corrected chi connectivity index (χ3v) is 6.44. The van der Waals surface area contributed by atoms with Crippen LogP contribution in [-0.2, 0) is 11.2 Å². The predicted octanol–water partition coefficient (Wildman–Crippen LogP) is 3.49. The molecular weight excluding hydrogens is 426 g/mol. The molecule has 3 aromatic rings. The molecule has 2 aliphatic heterocycles. The molecule has 7 heteroatoms. The summed E-state index contributed by atoms with van der Waals surface area (Å²) in [5, 5.41) is 6.52. The van der Waals surface area contributed by atoms with Crippen LogP contribution in [0.15, 0.2) is 84.3 Å². The van der Waals surface area contributed by atoms with E-state index in [2.05, 4.69) is 39.6 Å². The summed E-state index contributed by atoms with van der Waals surface area (Å²) < 4.78 is 0. The van der Waals surface area contributed by atoms with Gasteiger partial charge in [-0.2, -0.15) is 0 Å². The number of carbonyl (C=O) groups excluding carboxylic acids is 2.